The van der Waals surface area contributed by atoms with Crippen molar-refractivity contribution in [3.63, 3.8) is 0 Å². The van der Waals surface area contributed by atoms with E-state index < -0.39 is 10.0 Å². The zero-order valence-electron chi connectivity index (χ0n) is 11.3. The highest BCUT2D eigenvalue weighted by molar-refractivity contribution is 9.10. The Bertz CT molecular complexity index is 765. The molecule has 0 aliphatic heterocycles. The number of rotatable bonds is 4. The molecule has 0 spiro atoms. The second-order valence-corrected chi connectivity index (χ2v) is 7.92. The summed E-state index contributed by atoms with van der Waals surface area (Å²) >= 11 is 9.29. The summed E-state index contributed by atoms with van der Waals surface area (Å²) in [6, 6.07) is 11.8. The van der Waals surface area contributed by atoms with Gasteiger partial charge in [0.15, 0.2) is 0 Å². The summed E-state index contributed by atoms with van der Waals surface area (Å²) in [5, 5.41) is 0.184. The van der Waals surface area contributed by atoms with Gasteiger partial charge in [-0.05, 0) is 35.9 Å². The maximum Gasteiger partial charge on any atom is 0.244 e. The molecule has 0 heterocycles. The third-order valence-corrected chi connectivity index (χ3v) is 5.72. The molecule has 2 rings (SSSR count). The zero-order valence-corrected chi connectivity index (χ0v) is 14.4. The Morgan fingerprint density at radius 1 is 1.24 bits per heavy atom. The molecule has 0 aliphatic rings. The molecule has 2 aromatic rings. The van der Waals surface area contributed by atoms with Gasteiger partial charge in [-0.25, -0.2) is 8.42 Å². The molecule has 0 unspecified atom stereocenters. The molecule has 0 fully saturated rings. The molecule has 4 nitrogen and oxygen atoms in total. The van der Waals surface area contributed by atoms with E-state index >= 15 is 0 Å². The van der Waals surface area contributed by atoms with Gasteiger partial charge in [-0.2, -0.15) is 4.31 Å². The van der Waals surface area contributed by atoms with Crippen molar-refractivity contribution in [2.24, 2.45) is 0 Å². The van der Waals surface area contributed by atoms with Crippen LogP contribution >= 0.6 is 27.5 Å². The van der Waals surface area contributed by atoms with Crippen LogP contribution in [0.2, 0.25) is 5.02 Å². The molecule has 0 bridgehead atoms. The Morgan fingerprint density at radius 3 is 2.57 bits per heavy atom. The normalized spacial score (nSPS) is 11.8. The van der Waals surface area contributed by atoms with Gasteiger partial charge in [0.25, 0.3) is 0 Å². The summed E-state index contributed by atoms with van der Waals surface area (Å²) in [6.45, 7) is 0.222. The van der Waals surface area contributed by atoms with Crippen molar-refractivity contribution in [1.29, 1.82) is 0 Å². The van der Waals surface area contributed by atoms with Crippen LogP contribution < -0.4 is 5.73 Å². The summed E-state index contributed by atoms with van der Waals surface area (Å²) < 4.78 is 27.1. The Labute approximate surface area is 137 Å². The van der Waals surface area contributed by atoms with Crippen LogP contribution in [-0.2, 0) is 16.6 Å². The molecule has 0 saturated carbocycles. The number of hydrogen-bond acceptors (Lipinski definition) is 3. The van der Waals surface area contributed by atoms with Gasteiger partial charge >= 0.3 is 0 Å². The van der Waals surface area contributed by atoms with Crippen molar-refractivity contribution in [3.05, 3.63) is 57.5 Å². The van der Waals surface area contributed by atoms with Gasteiger partial charge in [-0.1, -0.05) is 39.7 Å². The summed E-state index contributed by atoms with van der Waals surface area (Å²) in [7, 11) is -2.15. The lowest BCUT2D eigenvalue weighted by molar-refractivity contribution is 0.467. The molecule has 0 amide bonds. The molecular formula is C14H14BrClN2O2S. The van der Waals surface area contributed by atoms with E-state index in [1.807, 2.05) is 6.07 Å². The Hall–Kier alpha value is -1.08. The SMILES string of the molecule is CN(Cc1cccc(N)c1)S(=O)(=O)c1ccc(Br)cc1Cl. The summed E-state index contributed by atoms with van der Waals surface area (Å²) in [6.07, 6.45) is 0. The molecule has 2 aromatic carbocycles. The monoisotopic (exact) mass is 388 g/mol. The highest BCUT2D eigenvalue weighted by Gasteiger charge is 2.23. The topological polar surface area (TPSA) is 63.4 Å². The number of hydrogen-bond donors (Lipinski definition) is 1. The summed E-state index contributed by atoms with van der Waals surface area (Å²) in [4.78, 5) is 0.0822. The van der Waals surface area contributed by atoms with Gasteiger partial charge in [0.05, 0.1) is 5.02 Å². The fourth-order valence-electron chi connectivity index (χ4n) is 1.89. The molecule has 0 aliphatic carbocycles. The van der Waals surface area contributed by atoms with Gasteiger partial charge in [0.2, 0.25) is 10.0 Å². The van der Waals surface area contributed by atoms with Crippen LogP contribution in [0.1, 0.15) is 5.56 Å². The van der Waals surface area contributed by atoms with Crippen LogP contribution in [0.5, 0.6) is 0 Å². The molecular weight excluding hydrogens is 376 g/mol. The predicted octanol–water partition coefficient (Wildman–Crippen LogP) is 3.51. The summed E-state index contributed by atoms with van der Waals surface area (Å²) in [5.41, 5.74) is 7.11. The molecule has 0 radical (unpaired) electrons. The van der Waals surface area contributed by atoms with E-state index in [1.54, 1.807) is 30.3 Å². The van der Waals surface area contributed by atoms with Crippen LogP contribution in [0.25, 0.3) is 0 Å². The molecule has 0 aromatic heterocycles. The van der Waals surface area contributed by atoms with Crippen molar-refractivity contribution in [2.75, 3.05) is 12.8 Å². The average Bonchev–Trinajstić information content (AvgIpc) is 2.38. The maximum atomic E-state index is 12.5. The molecule has 0 saturated heterocycles. The first kappa shape index (κ1) is 16.3. The number of sulfonamides is 1. The first-order valence-corrected chi connectivity index (χ1v) is 8.67. The largest absolute Gasteiger partial charge is 0.399 e. The van der Waals surface area contributed by atoms with Gasteiger partial charge in [-0.15, -0.1) is 0 Å². The number of nitrogen functional groups attached to an aromatic ring is 1. The van der Waals surface area contributed by atoms with Crippen molar-refractivity contribution in [2.45, 2.75) is 11.4 Å². The van der Waals surface area contributed by atoms with E-state index in [4.69, 9.17) is 17.3 Å². The molecule has 0 atom stereocenters. The fourth-order valence-corrected chi connectivity index (χ4v) is 4.05. The standard InChI is InChI=1S/C14H14BrClN2O2S/c1-18(9-10-3-2-4-12(17)7-10)21(19,20)14-6-5-11(15)8-13(14)16/h2-8H,9,17H2,1H3. The molecule has 21 heavy (non-hydrogen) atoms. The van der Waals surface area contributed by atoms with E-state index in [2.05, 4.69) is 15.9 Å². The molecule has 112 valence electrons. The van der Waals surface area contributed by atoms with E-state index in [-0.39, 0.29) is 16.5 Å². The van der Waals surface area contributed by atoms with Gasteiger partial charge in [0, 0.05) is 23.8 Å². The minimum atomic E-state index is -3.66. The number of nitrogens with zero attached hydrogens (tertiary/aromatic N) is 1. The van der Waals surface area contributed by atoms with E-state index in [0.29, 0.717) is 5.69 Å². The van der Waals surface area contributed by atoms with Crippen molar-refractivity contribution in [3.8, 4) is 0 Å². The van der Waals surface area contributed by atoms with Crippen molar-refractivity contribution in [1.82, 2.24) is 4.31 Å². The van der Waals surface area contributed by atoms with Crippen molar-refractivity contribution >= 4 is 43.2 Å². The predicted molar refractivity (Wildman–Crippen MR) is 88.7 cm³/mol. The number of halogens is 2. The number of nitrogens with two attached hydrogens (primary N) is 1. The zero-order chi connectivity index (χ0) is 15.6. The van der Waals surface area contributed by atoms with E-state index in [9.17, 15) is 8.42 Å². The van der Waals surface area contributed by atoms with E-state index in [0.717, 1.165) is 10.0 Å². The highest BCUT2D eigenvalue weighted by Crippen LogP contribution is 2.28. The maximum absolute atomic E-state index is 12.5. The van der Waals surface area contributed by atoms with Crippen LogP contribution in [0.3, 0.4) is 0 Å². The van der Waals surface area contributed by atoms with Crippen molar-refractivity contribution < 1.29 is 8.42 Å². The van der Waals surface area contributed by atoms with Gasteiger partial charge < -0.3 is 5.73 Å². The third kappa shape index (κ3) is 3.77. The smallest absolute Gasteiger partial charge is 0.244 e. The Morgan fingerprint density at radius 2 is 1.95 bits per heavy atom. The Balaban J connectivity index is 2.30. The highest BCUT2D eigenvalue weighted by atomic mass is 79.9. The molecule has 7 heteroatoms. The van der Waals surface area contributed by atoms with Crippen LogP contribution in [0.15, 0.2) is 51.8 Å². The summed E-state index contributed by atoms with van der Waals surface area (Å²) in [5.74, 6) is 0. The number of anilines is 1. The lowest BCUT2D eigenvalue weighted by atomic mass is 10.2. The third-order valence-electron chi connectivity index (χ3n) is 2.94. The first-order valence-electron chi connectivity index (χ1n) is 6.06. The Kier molecular flexibility index (Phi) is 4.93. The fraction of sp³-hybridized carbons (Fsp3) is 0.143. The van der Waals surface area contributed by atoms with E-state index in [1.165, 1.54) is 17.4 Å². The van der Waals surface area contributed by atoms with Gasteiger partial charge in [-0.3, -0.25) is 0 Å². The van der Waals surface area contributed by atoms with Crippen LogP contribution in [0.4, 0.5) is 5.69 Å². The first-order chi connectivity index (χ1) is 9.80. The molecule has 2 N–H and O–H groups in total. The lowest BCUT2D eigenvalue weighted by Gasteiger charge is -2.18. The second-order valence-electron chi connectivity index (χ2n) is 4.58. The minimum absolute atomic E-state index is 0.0822. The average molecular weight is 390 g/mol. The van der Waals surface area contributed by atoms with Gasteiger partial charge in [0.1, 0.15) is 4.90 Å². The number of benzene rings is 2. The van der Waals surface area contributed by atoms with Crippen LogP contribution in [0, 0.1) is 0 Å². The minimum Gasteiger partial charge on any atom is -0.399 e. The lowest BCUT2D eigenvalue weighted by Crippen LogP contribution is -2.26. The van der Waals surface area contributed by atoms with Crippen LogP contribution in [-0.4, -0.2) is 19.8 Å². The second kappa shape index (κ2) is 6.36. The quantitative estimate of drug-likeness (QED) is 0.814.